The van der Waals surface area contributed by atoms with E-state index in [1.54, 1.807) is 0 Å². The van der Waals surface area contributed by atoms with Gasteiger partial charge in [-0.25, -0.2) is 0 Å². The topological polar surface area (TPSA) is 30.5 Å². The summed E-state index contributed by atoms with van der Waals surface area (Å²) in [4.78, 5) is 0. The number of benzene rings is 1. The van der Waals surface area contributed by atoms with Crippen molar-refractivity contribution < 1.29 is 9.47 Å². The molecule has 2 rings (SSSR count). The van der Waals surface area contributed by atoms with Crippen LogP contribution in [0.4, 0.5) is 0 Å². The summed E-state index contributed by atoms with van der Waals surface area (Å²) in [5.74, 6) is 2.41. The highest BCUT2D eigenvalue weighted by Gasteiger charge is 2.18. The molecule has 0 bridgehead atoms. The highest BCUT2D eigenvalue weighted by atomic mass is 16.7. The molecule has 17 heavy (non-hydrogen) atoms. The maximum atomic E-state index is 5.49. The SMILES string of the molecule is CCC(NCc1cccc2c1OCO2)C(C)C. The van der Waals surface area contributed by atoms with Crippen molar-refractivity contribution in [1.29, 1.82) is 0 Å². The van der Waals surface area contributed by atoms with Gasteiger partial charge in [0.15, 0.2) is 11.5 Å². The maximum Gasteiger partial charge on any atom is 0.231 e. The van der Waals surface area contributed by atoms with E-state index in [0.29, 0.717) is 18.8 Å². The molecule has 0 fully saturated rings. The smallest absolute Gasteiger partial charge is 0.231 e. The van der Waals surface area contributed by atoms with E-state index in [2.05, 4.69) is 32.2 Å². The molecule has 0 amide bonds. The van der Waals surface area contributed by atoms with Gasteiger partial charge in [0, 0.05) is 18.2 Å². The van der Waals surface area contributed by atoms with Gasteiger partial charge in [-0.2, -0.15) is 0 Å². The Hall–Kier alpha value is -1.22. The monoisotopic (exact) mass is 235 g/mol. The predicted octanol–water partition coefficient (Wildman–Crippen LogP) is 2.94. The van der Waals surface area contributed by atoms with Crippen LogP contribution in [0.1, 0.15) is 32.8 Å². The number of nitrogens with one attached hydrogen (secondary N) is 1. The van der Waals surface area contributed by atoms with E-state index < -0.39 is 0 Å². The highest BCUT2D eigenvalue weighted by Crippen LogP contribution is 2.35. The Morgan fingerprint density at radius 2 is 2.12 bits per heavy atom. The van der Waals surface area contributed by atoms with Crippen LogP contribution in [0, 0.1) is 5.92 Å². The van der Waals surface area contributed by atoms with Crippen molar-refractivity contribution >= 4 is 0 Å². The summed E-state index contributed by atoms with van der Waals surface area (Å²) < 4.78 is 10.9. The third-order valence-corrected chi connectivity index (χ3v) is 3.28. The fourth-order valence-corrected chi connectivity index (χ4v) is 2.22. The molecule has 0 spiro atoms. The normalized spacial score (nSPS) is 15.3. The maximum absolute atomic E-state index is 5.49. The average molecular weight is 235 g/mol. The van der Waals surface area contributed by atoms with Gasteiger partial charge in [-0.05, 0) is 18.4 Å². The van der Waals surface area contributed by atoms with Gasteiger partial charge in [0.25, 0.3) is 0 Å². The molecule has 1 unspecified atom stereocenters. The molecular formula is C14H21NO2. The van der Waals surface area contributed by atoms with Crippen LogP contribution < -0.4 is 14.8 Å². The van der Waals surface area contributed by atoms with E-state index in [0.717, 1.165) is 24.5 Å². The van der Waals surface area contributed by atoms with Crippen LogP contribution in [-0.2, 0) is 6.54 Å². The van der Waals surface area contributed by atoms with Gasteiger partial charge in [-0.1, -0.05) is 32.9 Å². The van der Waals surface area contributed by atoms with Crippen molar-refractivity contribution in [1.82, 2.24) is 5.32 Å². The van der Waals surface area contributed by atoms with Crippen LogP contribution in [-0.4, -0.2) is 12.8 Å². The van der Waals surface area contributed by atoms with Crippen LogP contribution >= 0.6 is 0 Å². The summed E-state index contributed by atoms with van der Waals surface area (Å²) in [5.41, 5.74) is 1.18. The summed E-state index contributed by atoms with van der Waals surface area (Å²) >= 11 is 0. The van der Waals surface area contributed by atoms with Crippen molar-refractivity contribution in [2.24, 2.45) is 5.92 Å². The lowest BCUT2D eigenvalue weighted by molar-refractivity contribution is 0.173. The molecule has 1 aliphatic rings. The Bertz CT molecular complexity index is 376. The third-order valence-electron chi connectivity index (χ3n) is 3.28. The van der Waals surface area contributed by atoms with Gasteiger partial charge in [0.05, 0.1) is 0 Å². The van der Waals surface area contributed by atoms with Crippen LogP contribution in [0.15, 0.2) is 18.2 Å². The molecule has 94 valence electrons. The second kappa shape index (κ2) is 5.41. The number of fused-ring (bicyclic) bond motifs is 1. The minimum absolute atomic E-state index is 0.341. The minimum atomic E-state index is 0.341. The molecule has 0 saturated carbocycles. The summed E-state index contributed by atoms with van der Waals surface area (Å²) in [6, 6.07) is 6.60. The van der Waals surface area contributed by atoms with Crippen molar-refractivity contribution in [3.8, 4) is 11.5 Å². The Morgan fingerprint density at radius 3 is 2.82 bits per heavy atom. The van der Waals surface area contributed by atoms with E-state index in [-0.39, 0.29) is 0 Å². The molecule has 3 heteroatoms. The second-order valence-electron chi connectivity index (χ2n) is 4.79. The van der Waals surface area contributed by atoms with Crippen LogP contribution in [0.5, 0.6) is 11.5 Å². The Labute approximate surface area is 103 Å². The van der Waals surface area contributed by atoms with Gasteiger partial charge in [0.1, 0.15) is 0 Å². The van der Waals surface area contributed by atoms with Crippen LogP contribution in [0.2, 0.25) is 0 Å². The summed E-state index contributed by atoms with van der Waals surface area (Å²) in [6.07, 6.45) is 1.14. The summed E-state index contributed by atoms with van der Waals surface area (Å²) in [5, 5.41) is 3.58. The Morgan fingerprint density at radius 1 is 1.29 bits per heavy atom. The van der Waals surface area contributed by atoms with Gasteiger partial charge < -0.3 is 14.8 Å². The van der Waals surface area contributed by atoms with E-state index in [4.69, 9.17) is 9.47 Å². The number of ether oxygens (including phenoxy) is 2. The van der Waals surface area contributed by atoms with Gasteiger partial charge >= 0.3 is 0 Å². The summed E-state index contributed by atoms with van der Waals surface area (Å²) in [6.45, 7) is 7.88. The third kappa shape index (κ3) is 2.72. The molecule has 1 aliphatic heterocycles. The molecule has 1 N–H and O–H groups in total. The van der Waals surface area contributed by atoms with Gasteiger partial charge in [0.2, 0.25) is 6.79 Å². The zero-order chi connectivity index (χ0) is 12.3. The molecule has 0 radical (unpaired) electrons. The number of hydrogen-bond acceptors (Lipinski definition) is 3. The summed E-state index contributed by atoms with van der Waals surface area (Å²) in [7, 11) is 0. The first kappa shape index (κ1) is 12.2. The molecule has 1 heterocycles. The number of hydrogen-bond donors (Lipinski definition) is 1. The standard InChI is InChI=1S/C14H21NO2/c1-4-12(10(2)3)15-8-11-6-5-7-13-14(11)17-9-16-13/h5-7,10,12,15H,4,8-9H2,1-3H3. The zero-order valence-corrected chi connectivity index (χ0v) is 10.8. The quantitative estimate of drug-likeness (QED) is 0.851. The van der Waals surface area contributed by atoms with E-state index in [9.17, 15) is 0 Å². The lowest BCUT2D eigenvalue weighted by Gasteiger charge is -2.21. The molecule has 3 nitrogen and oxygen atoms in total. The van der Waals surface area contributed by atoms with Crippen molar-refractivity contribution in [3.63, 3.8) is 0 Å². The molecule has 0 aromatic heterocycles. The molecule has 1 atom stereocenters. The fourth-order valence-electron chi connectivity index (χ4n) is 2.22. The Kier molecular flexibility index (Phi) is 3.89. The lowest BCUT2D eigenvalue weighted by Crippen LogP contribution is -2.32. The molecule has 0 saturated heterocycles. The molecule has 1 aromatic carbocycles. The fraction of sp³-hybridized carbons (Fsp3) is 0.571. The molecular weight excluding hydrogens is 214 g/mol. The lowest BCUT2D eigenvalue weighted by atomic mass is 10.0. The molecule has 0 aliphatic carbocycles. The van der Waals surface area contributed by atoms with E-state index >= 15 is 0 Å². The Balaban J connectivity index is 2.02. The van der Waals surface area contributed by atoms with E-state index in [1.165, 1.54) is 5.56 Å². The predicted molar refractivity (Wildman–Crippen MR) is 68.3 cm³/mol. The van der Waals surface area contributed by atoms with E-state index in [1.807, 2.05) is 12.1 Å². The molecule has 1 aromatic rings. The van der Waals surface area contributed by atoms with Crippen molar-refractivity contribution in [3.05, 3.63) is 23.8 Å². The van der Waals surface area contributed by atoms with Gasteiger partial charge in [-0.3, -0.25) is 0 Å². The number of rotatable bonds is 5. The number of para-hydroxylation sites is 1. The first-order valence-electron chi connectivity index (χ1n) is 6.33. The largest absolute Gasteiger partial charge is 0.454 e. The highest BCUT2D eigenvalue weighted by molar-refractivity contribution is 5.48. The van der Waals surface area contributed by atoms with Crippen molar-refractivity contribution in [2.45, 2.75) is 39.8 Å². The van der Waals surface area contributed by atoms with Crippen LogP contribution in [0.25, 0.3) is 0 Å². The minimum Gasteiger partial charge on any atom is -0.454 e. The van der Waals surface area contributed by atoms with Gasteiger partial charge in [-0.15, -0.1) is 0 Å². The zero-order valence-electron chi connectivity index (χ0n) is 10.8. The first-order valence-corrected chi connectivity index (χ1v) is 6.33. The average Bonchev–Trinajstić information content (AvgIpc) is 2.78. The second-order valence-corrected chi connectivity index (χ2v) is 4.79. The van der Waals surface area contributed by atoms with Crippen molar-refractivity contribution in [2.75, 3.05) is 6.79 Å². The first-order chi connectivity index (χ1) is 8.22. The van der Waals surface area contributed by atoms with Crippen LogP contribution in [0.3, 0.4) is 0 Å².